The van der Waals surface area contributed by atoms with Crippen LogP contribution in [0, 0.1) is 0 Å². The van der Waals surface area contributed by atoms with Crippen LogP contribution in [0.15, 0.2) is 18.2 Å². The number of hydrogen-bond donors (Lipinski definition) is 2. The Labute approximate surface area is 126 Å². The molecule has 0 atom stereocenters. The average molecular weight is 300 g/mol. The predicted molar refractivity (Wildman–Crippen MR) is 88.2 cm³/mol. The molecule has 1 aromatic carbocycles. The molecule has 0 aliphatic heterocycles. The maximum Gasteiger partial charge on any atom is 0.106 e. The summed E-state index contributed by atoms with van der Waals surface area (Å²) in [6.45, 7) is 8.50. The molecule has 0 aliphatic rings. The third-order valence-corrected chi connectivity index (χ3v) is 3.56. The Kier molecular flexibility index (Phi) is 7.13. The lowest BCUT2D eigenvalue weighted by molar-refractivity contribution is 0.303. The minimum Gasteiger partial charge on any atom is -0.389 e. The molecule has 0 heterocycles. The Bertz CT molecular complexity index is 419. The van der Waals surface area contributed by atoms with Gasteiger partial charge in [0.15, 0.2) is 0 Å². The molecule has 0 aromatic heterocycles. The van der Waals surface area contributed by atoms with Crippen LogP contribution in [0.25, 0.3) is 0 Å². The maximum absolute atomic E-state index is 6.00. The van der Waals surface area contributed by atoms with Gasteiger partial charge in [0.1, 0.15) is 4.99 Å². The SMILES string of the molecule is CCN(CC)CCCNc1cc(Cl)ccc1C(N)=S. The van der Waals surface area contributed by atoms with Crippen LogP contribution in [0.3, 0.4) is 0 Å². The number of halogens is 1. The number of nitrogens with zero attached hydrogens (tertiary/aromatic N) is 1. The highest BCUT2D eigenvalue weighted by atomic mass is 35.5. The average Bonchev–Trinajstić information content (AvgIpc) is 2.38. The minimum atomic E-state index is 0.392. The molecular weight excluding hydrogens is 278 g/mol. The molecule has 106 valence electrons. The van der Waals surface area contributed by atoms with Gasteiger partial charge in [-0.05, 0) is 44.3 Å². The number of hydrogen-bond acceptors (Lipinski definition) is 3. The van der Waals surface area contributed by atoms with Crippen LogP contribution in [0.5, 0.6) is 0 Å². The molecule has 1 rings (SSSR count). The van der Waals surface area contributed by atoms with Crippen LogP contribution in [-0.4, -0.2) is 36.1 Å². The van der Waals surface area contributed by atoms with Crippen LogP contribution in [0.1, 0.15) is 25.8 Å². The van der Waals surface area contributed by atoms with Gasteiger partial charge in [-0.3, -0.25) is 0 Å². The van der Waals surface area contributed by atoms with E-state index in [2.05, 4.69) is 24.1 Å². The van der Waals surface area contributed by atoms with Crippen molar-refractivity contribution in [2.75, 3.05) is 31.5 Å². The number of anilines is 1. The Balaban J connectivity index is 2.53. The summed E-state index contributed by atoms with van der Waals surface area (Å²) in [4.78, 5) is 2.79. The summed E-state index contributed by atoms with van der Waals surface area (Å²) in [7, 11) is 0. The van der Waals surface area contributed by atoms with Crippen LogP contribution in [-0.2, 0) is 0 Å². The summed E-state index contributed by atoms with van der Waals surface area (Å²) in [6, 6.07) is 5.53. The molecule has 0 spiro atoms. The van der Waals surface area contributed by atoms with Crippen molar-refractivity contribution in [1.82, 2.24) is 4.90 Å². The van der Waals surface area contributed by atoms with Crippen LogP contribution in [0.4, 0.5) is 5.69 Å². The molecule has 3 nitrogen and oxygen atoms in total. The highest BCUT2D eigenvalue weighted by Crippen LogP contribution is 2.21. The fourth-order valence-corrected chi connectivity index (χ4v) is 2.29. The van der Waals surface area contributed by atoms with E-state index in [1.54, 1.807) is 6.07 Å². The zero-order valence-corrected chi connectivity index (χ0v) is 13.2. The van der Waals surface area contributed by atoms with Crippen molar-refractivity contribution in [3.05, 3.63) is 28.8 Å². The molecule has 0 radical (unpaired) electrons. The first-order valence-corrected chi connectivity index (χ1v) is 7.42. The lowest BCUT2D eigenvalue weighted by Crippen LogP contribution is -2.25. The largest absolute Gasteiger partial charge is 0.389 e. The predicted octanol–water partition coefficient (Wildman–Crippen LogP) is 3.12. The fourth-order valence-electron chi connectivity index (χ4n) is 1.94. The summed E-state index contributed by atoms with van der Waals surface area (Å²) in [5, 5.41) is 4.05. The van der Waals surface area contributed by atoms with Crippen molar-refractivity contribution in [3.8, 4) is 0 Å². The smallest absolute Gasteiger partial charge is 0.106 e. The third-order valence-electron chi connectivity index (χ3n) is 3.11. The quantitative estimate of drug-likeness (QED) is 0.572. The second-order valence-electron chi connectivity index (χ2n) is 4.36. The van der Waals surface area contributed by atoms with Gasteiger partial charge in [-0.25, -0.2) is 0 Å². The maximum atomic E-state index is 6.00. The zero-order chi connectivity index (χ0) is 14.3. The van der Waals surface area contributed by atoms with Crippen molar-refractivity contribution >= 4 is 34.5 Å². The molecule has 0 unspecified atom stereocenters. The zero-order valence-electron chi connectivity index (χ0n) is 11.6. The number of thiocarbonyl (C=S) groups is 1. The standard InChI is InChI=1S/C14H22ClN3S/c1-3-18(4-2)9-5-8-17-13-10-11(15)6-7-12(13)14(16)19/h6-7,10,17H,3-5,8-9H2,1-2H3,(H2,16,19). The van der Waals surface area contributed by atoms with Gasteiger partial charge < -0.3 is 16.0 Å². The number of rotatable bonds is 8. The van der Waals surface area contributed by atoms with Gasteiger partial charge in [0.05, 0.1) is 0 Å². The van der Waals surface area contributed by atoms with Gasteiger partial charge in [0, 0.05) is 22.8 Å². The molecule has 1 aromatic rings. The van der Waals surface area contributed by atoms with E-state index in [4.69, 9.17) is 29.6 Å². The van der Waals surface area contributed by atoms with E-state index in [0.29, 0.717) is 10.0 Å². The molecule has 19 heavy (non-hydrogen) atoms. The van der Waals surface area contributed by atoms with E-state index < -0.39 is 0 Å². The van der Waals surface area contributed by atoms with E-state index in [1.807, 2.05) is 12.1 Å². The van der Waals surface area contributed by atoms with Crippen LogP contribution in [0.2, 0.25) is 5.02 Å². The third kappa shape index (κ3) is 5.35. The van der Waals surface area contributed by atoms with E-state index in [0.717, 1.165) is 43.9 Å². The van der Waals surface area contributed by atoms with Crippen molar-refractivity contribution in [1.29, 1.82) is 0 Å². The number of benzene rings is 1. The second kappa shape index (κ2) is 8.35. The first-order chi connectivity index (χ1) is 9.08. The lowest BCUT2D eigenvalue weighted by Gasteiger charge is -2.18. The minimum absolute atomic E-state index is 0.392. The fraction of sp³-hybridized carbons (Fsp3) is 0.500. The number of nitrogens with one attached hydrogen (secondary N) is 1. The van der Waals surface area contributed by atoms with Crippen molar-refractivity contribution in [2.24, 2.45) is 5.73 Å². The molecule has 3 N–H and O–H groups in total. The Hall–Kier alpha value is -0.840. The highest BCUT2D eigenvalue weighted by molar-refractivity contribution is 7.80. The molecule has 0 aliphatic carbocycles. The molecule has 0 amide bonds. The van der Waals surface area contributed by atoms with E-state index in [9.17, 15) is 0 Å². The van der Waals surface area contributed by atoms with Gasteiger partial charge in [-0.1, -0.05) is 37.7 Å². The van der Waals surface area contributed by atoms with Crippen molar-refractivity contribution < 1.29 is 0 Å². The van der Waals surface area contributed by atoms with Crippen molar-refractivity contribution in [3.63, 3.8) is 0 Å². The van der Waals surface area contributed by atoms with E-state index in [1.165, 1.54) is 0 Å². The summed E-state index contributed by atoms with van der Waals surface area (Å²) in [5.74, 6) is 0. The van der Waals surface area contributed by atoms with Crippen molar-refractivity contribution in [2.45, 2.75) is 20.3 Å². The normalized spacial score (nSPS) is 10.7. The number of nitrogens with two attached hydrogens (primary N) is 1. The van der Waals surface area contributed by atoms with Gasteiger partial charge in [-0.15, -0.1) is 0 Å². The van der Waals surface area contributed by atoms with Gasteiger partial charge >= 0.3 is 0 Å². The van der Waals surface area contributed by atoms with E-state index in [-0.39, 0.29) is 0 Å². The van der Waals surface area contributed by atoms with Gasteiger partial charge in [0.25, 0.3) is 0 Å². The first kappa shape index (κ1) is 16.2. The van der Waals surface area contributed by atoms with Crippen LogP contribution >= 0.6 is 23.8 Å². The summed E-state index contributed by atoms with van der Waals surface area (Å²) in [5.41, 5.74) is 7.47. The van der Waals surface area contributed by atoms with E-state index >= 15 is 0 Å². The molecule has 0 fully saturated rings. The van der Waals surface area contributed by atoms with Crippen LogP contribution < -0.4 is 11.1 Å². The Morgan fingerprint density at radius 2 is 2.05 bits per heavy atom. The Morgan fingerprint density at radius 3 is 2.63 bits per heavy atom. The summed E-state index contributed by atoms with van der Waals surface area (Å²) < 4.78 is 0. The highest BCUT2D eigenvalue weighted by Gasteiger charge is 2.06. The van der Waals surface area contributed by atoms with Gasteiger partial charge in [-0.2, -0.15) is 0 Å². The summed E-state index contributed by atoms with van der Waals surface area (Å²) >= 11 is 11.0. The Morgan fingerprint density at radius 1 is 1.37 bits per heavy atom. The molecular formula is C14H22ClN3S. The first-order valence-electron chi connectivity index (χ1n) is 6.64. The second-order valence-corrected chi connectivity index (χ2v) is 5.24. The monoisotopic (exact) mass is 299 g/mol. The molecule has 0 saturated heterocycles. The lowest BCUT2D eigenvalue weighted by atomic mass is 10.1. The summed E-state index contributed by atoms with van der Waals surface area (Å²) in [6.07, 6.45) is 1.07. The molecule has 0 bridgehead atoms. The topological polar surface area (TPSA) is 41.3 Å². The molecule has 0 saturated carbocycles. The molecule has 5 heteroatoms. The van der Waals surface area contributed by atoms with Gasteiger partial charge in [0.2, 0.25) is 0 Å².